The summed E-state index contributed by atoms with van der Waals surface area (Å²) in [5.74, 6) is 1.10. The number of piperidine rings is 1. The Kier molecular flexibility index (Phi) is 3.93. The van der Waals surface area contributed by atoms with Crippen LogP contribution in [-0.2, 0) is 0 Å². The number of nitrogens with zero attached hydrogens (tertiary/aromatic N) is 2. The molecule has 0 aliphatic carbocycles. The first-order chi connectivity index (χ1) is 7.88. The number of ether oxygens (including phenoxy) is 2. The minimum atomic E-state index is 0.440. The Morgan fingerprint density at radius 3 is 3.00 bits per heavy atom. The van der Waals surface area contributed by atoms with Crippen LogP contribution in [-0.4, -0.2) is 36.3 Å². The largest absolute Gasteiger partial charge is 0.481 e. The Labute approximate surface area is 95.2 Å². The molecular weight excluding hydrogens is 206 g/mol. The lowest BCUT2D eigenvalue weighted by molar-refractivity contribution is 0.230. The summed E-state index contributed by atoms with van der Waals surface area (Å²) in [5, 5.41) is 3.42. The molecule has 1 saturated heterocycles. The summed E-state index contributed by atoms with van der Waals surface area (Å²) in [7, 11) is 1.58. The van der Waals surface area contributed by atoms with Gasteiger partial charge >= 0.3 is 0 Å². The average Bonchev–Trinajstić information content (AvgIpc) is 2.38. The van der Waals surface area contributed by atoms with E-state index in [0.29, 0.717) is 24.4 Å². The molecule has 0 aromatic carbocycles. The van der Waals surface area contributed by atoms with Crippen molar-refractivity contribution in [2.24, 2.45) is 0 Å². The molecule has 1 atom stereocenters. The van der Waals surface area contributed by atoms with Crippen molar-refractivity contribution in [1.29, 1.82) is 0 Å². The highest BCUT2D eigenvalue weighted by molar-refractivity contribution is 5.17. The summed E-state index contributed by atoms with van der Waals surface area (Å²) in [6.07, 6.45) is 5.15. The van der Waals surface area contributed by atoms with Crippen LogP contribution in [0.4, 0.5) is 0 Å². The predicted octanol–water partition coefficient (Wildman–Crippen LogP) is 1.01. The van der Waals surface area contributed by atoms with Gasteiger partial charge in [0.2, 0.25) is 11.8 Å². The summed E-state index contributed by atoms with van der Waals surface area (Å²) < 4.78 is 10.6. The average molecular weight is 223 g/mol. The normalized spacial score (nSPS) is 20.4. The molecule has 1 fully saturated rings. The van der Waals surface area contributed by atoms with E-state index in [1.54, 1.807) is 13.2 Å². The van der Waals surface area contributed by atoms with Crippen LogP contribution in [0.3, 0.4) is 0 Å². The van der Waals surface area contributed by atoms with E-state index in [4.69, 9.17) is 9.47 Å². The molecule has 2 heterocycles. The Balaban J connectivity index is 1.83. The Morgan fingerprint density at radius 1 is 1.38 bits per heavy atom. The molecule has 1 aromatic rings. The van der Waals surface area contributed by atoms with Gasteiger partial charge in [-0.3, -0.25) is 0 Å². The quantitative estimate of drug-likeness (QED) is 0.825. The van der Waals surface area contributed by atoms with Gasteiger partial charge in [-0.1, -0.05) is 6.42 Å². The van der Waals surface area contributed by atoms with Crippen LogP contribution < -0.4 is 14.8 Å². The molecule has 0 radical (unpaired) electrons. The molecule has 5 heteroatoms. The third-order valence-electron chi connectivity index (χ3n) is 2.67. The highest BCUT2D eigenvalue weighted by Crippen LogP contribution is 2.14. The van der Waals surface area contributed by atoms with Gasteiger partial charge in [-0.15, -0.1) is 0 Å². The van der Waals surface area contributed by atoms with Crippen LogP contribution in [0.5, 0.6) is 11.8 Å². The highest BCUT2D eigenvalue weighted by Gasteiger charge is 2.13. The van der Waals surface area contributed by atoms with Gasteiger partial charge in [-0.2, -0.15) is 0 Å². The standard InChI is InChI=1S/C11H17N3O2/c1-15-10-6-11(14-8-13-10)16-7-9-4-2-3-5-12-9/h6,8-9,12H,2-5,7H2,1H3. The van der Waals surface area contributed by atoms with Crippen LogP contribution in [0.25, 0.3) is 0 Å². The molecule has 16 heavy (non-hydrogen) atoms. The number of hydrogen-bond donors (Lipinski definition) is 1. The fraction of sp³-hybridized carbons (Fsp3) is 0.636. The van der Waals surface area contributed by atoms with Crippen molar-refractivity contribution in [3.05, 3.63) is 12.4 Å². The minimum Gasteiger partial charge on any atom is -0.481 e. The lowest BCUT2D eigenvalue weighted by Crippen LogP contribution is -2.38. The van der Waals surface area contributed by atoms with Gasteiger partial charge in [0.25, 0.3) is 0 Å². The zero-order valence-corrected chi connectivity index (χ0v) is 9.48. The van der Waals surface area contributed by atoms with Gasteiger partial charge in [0, 0.05) is 6.04 Å². The van der Waals surface area contributed by atoms with Crippen LogP contribution >= 0.6 is 0 Å². The molecular formula is C11H17N3O2. The van der Waals surface area contributed by atoms with Crippen molar-refractivity contribution >= 4 is 0 Å². The van der Waals surface area contributed by atoms with Crippen LogP contribution in [0.15, 0.2) is 12.4 Å². The summed E-state index contributed by atoms with van der Waals surface area (Å²) in [6.45, 7) is 1.74. The summed E-state index contributed by atoms with van der Waals surface area (Å²) in [5.41, 5.74) is 0. The van der Waals surface area contributed by atoms with Crippen LogP contribution in [0.1, 0.15) is 19.3 Å². The van der Waals surface area contributed by atoms with Crippen LogP contribution in [0, 0.1) is 0 Å². The fourth-order valence-electron chi connectivity index (χ4n) is 1.77. The minimum absolute atomic E-state index is 0.440. The SMILES string of the molecule is COc1cc(OCC2CCCCN2)ncn1. The van der Waals surface area contributed by atoms with E-state index in [0.717, 1.165) is 6.54 Å². The zero-order valence-electron chi connectivity index (χ0n) is 9.48. The molecule has 1 unspecified atom stereocenters. The molecule has 1 aliphatic heterocycles. The van der Waals surface area contributed by atoms with Gasteiger partial charge < -0.3 is 14.8 Å². The van der Waals surface area contributed by atoms with Gasteiger partial charge in [0.1, 0.15) is 12.9 Å². The molecule has 2 rings (SSSR count). The third kappa shape index (κ3) is 3.06. The highest BCUT2D eigenvalue weighted by atomic mass is 16.5. The van der Waals surface area contributed by atoms with E-state index >= 15 is 0 Å². The summed E-state index contributed by atoms with van der Waals surface area (Å²) >= 11 is 0. The Hall–Kier alpha value is -1.36. The molecule has 0 saturated carbocycles. The topological polar surface area (TPSA) is 56.3 Å². The molecule has 1 aliphatic rings. The Morgan fingerprint density at radius 2 is 2.25 bits per heavy atom. The number of hydrogen-bond acceptors (Lipinski definition) is 5. The first-order valence-electron chi connectivity index (χ1n) is 5.60. The van der Waals surface area contributed by atoms with Gasteiger partial charge in [0.05, 0.1) is 13.2 Å². The molecule has 0 spiro atoms. The first kappa shape index (κ1) is 11.1. The van der Waals surface area contributed by atoms with Crippen molar-refractivity contribution in [3.63, 3.8) is 0 Å². The molecule has 1 aromatic heterocycles. The summed E-state index contributed by atoms with van der Waals surface area (Å²) in [4.78, 5) is 7.95. The van der Waals surface area contributed by atoms with E-state index in [9.17, 15) is 0 Å². The third-order valence-corrected chi connectivity index (χ3v) is 2.67. The second-order valence-electron chi connectivity index (χ2n) is 3.86. The van der Waals surface area contributed by atoms with E-state index in [1.165, 1.54) is 25.6 Å². The van der Waals surface area contributed by atoms with Crippen molar-refractivity contribution in [2.75, 3.05) is 20.3 Å². The molecule has 5 nitrogen and oxygen atoms in total. The van der Waals surface area contributed by atoms with E-state index in [-0.39, 0.29) is 0 Å². The summed E-state index contributed by atoms with van der Waals surface area (Å²) in [6, 6.07) is 2.14. The number of rotatable bonds is 4. The molecule has 0 amide bonds. The number of aromatic nitrogens is 2. The van der Waals surface area contributed by atoms with Crippen molar-refractivity contribution in [2.45, 2.75) is 25.3 Å². The van der Waals surface area contributed by atoms with Gasteiger partial charge in [0.15, 0.2) is 0 Å². The second-order valence-corrected chi connectivity index (χ2v) is 3.86. The zero-order chi connectivity index (χ0) is 11.2. The lowest BCUT2D eigenvalue weighted by atomic mass is 10.1. The van der Waals surface area contributed by atoms with E-state index in [2.05, 4.69) is 15.3 Å². The predicted molar refractivity (Wildman–Crippen MR) is 59.7 cm³/mol. The van der Waals surface area contributed by atoms with Gasteiger partial charge in [-0.05, 0) is 19.4 Å². The van der Waals surface area contributed by atoms with Crippen molar-refractivity contribution < 1.29 is 9.47 Å². The van der Waals surface area contributed by atoms with E-state index in [1.807, 2.05) is 0 Å². The molecule has 0 bridgehead atoms. The lowest BCUT2D eigenvalue weighted by Gasteiger charge is -2.23. The van der Waals surface area contributed by atoms with Crippen LogP contribution in [0.2, 0.25) is 0 Å². The monoisotopic (exact) mass is 223 g/mol. The van der Waals surface area contributed by atoms with Crippen molar-refractivity contribution in [3.8, 4) is 11.8 Å². The number of methoxy groups -OCH3 is 1. The van der Waals surface area contributed by atoms with Gasteiger partial charge in [-0.25, -0.2) is 9.97 Å². The maximum atomic E-state index is 5.59. The maximum absolute atomic E-state index is 5.59. The maximum Gasteiger partial charge on any atom is 0.220 e. The number of nitrogens with one attached hydrogen (secondary N) is 1. The molecule has 88 valence electrons. The van der Waals surface area contributed by atoms with E-state index < -0.39 is 0 Å². The Bertz CT molecular complexity index is 327. The van der Waals surface area contributed by atoms with Crippen molar-refractivity contribution in [1.82, 2.24) is 15.3 Å². The fourth-order valence-corrected chi connectivity index (χ4v) is 1.77. The first-order valence-corrected chi connectivity index (χ1v) is 5.60. The second kappa shape index (κ2) is 5.65. The molecule has 1 N–H and O–H groups in total. The smallest absolute Gasteiger partial charge is 0.220 e.